The molecule has 7 heteroatoms. The topological polar surface area (TPSA) is 71.6 Å². The predicted molar refractivity (Wildman–Crippen MR) is 75.6 cm³/mol. The molecule has 0 atom stereocenters. The molecule has 20 heavy (non-hydrogen) atoms. The van der Waals surface area contributed by atoms with Gasteiger partial charge in [0, 0.05) is 12.7 Å². The Morgan fingerprint density at radius 3 is 2.90 bits per heavy atom. The molecule has 2 aromatic heterocycles. The summed E-state index contributed by atoms with van der Waals surface area (Å²) in [4.78, 5) is 25.8. The molecule has 0 unspecified atom stereocenters. The number of nitrogens with one attached hydrogen (secondary N) is 1. The van der Waals surface area contributed by atoms with E-state index in [-0.39, 0.29) is 18.1 Å². The summed E-state index contributed by atoms with van der Waals surface area (Å²) in [6.07, 6.45) is 2.51. The summed E-state index contributed by atoms with van der Waals surface area (Å²) in [6.45, 7) is 1.45. The Morgan fingerprint density at radius 1 is 1.40 bits per heavy atom. The van der Waals surface area contributed by atoms with Gasteiger partial charge in [-0.05, 0) is 39.2 Å². The summed E-state index contributed by atoms with van der Waals surface area (Å²) < 4.78 is 2.59. The van der Waals surface area contributed by atoms with Crippen LogP contribution in [0.4, 0.5) is 0 Å². The molecule has 1 amide bonds. The van der Waals surface area contributed by atoms with Gasteiger partial charge in [0.1, 0.15) is 6.54 Å². The molecular weight excluding hydrogens is 258 g/mol. The van der Waals surface area contributed by atoms with Crippen molar-refractivity contribution in [2.75, 3.05) is 27.2 Å². The Morgan fingerprint density at radius 2 is 2.20 bits per heavy atom. The molecule has 0 saturated carbocycles. The van der Waals surface area contributed by atoms with Crippen molar-refractivity contribution >= 4 is 11.6 Å². The van der Waals surface area contributed by atoms with Crippen LogP contribution in [0.2, 0.25) is 0 Å². The number of hydrogen-bond donors (Lipinski definition) is 1. The summed E-state index contributed by atoms with van der Waals surface area (Å²) in [5, 5.41) is 6.89. The van der Waals surface area contributed by atoms with Crippen LogP contribution < -0.4 is 11.0 Å². The third kappa shape index (κ3) is 3.45. The van der Waals surface area contributed by atoms with E-state index in [1.807, 2.05) is 14.1 Å². The molecule has 0 saturated heterocycles. The van der Waals surface area contributed by atoms with Gasteiger partial charge in [0.05, 0.1) is 0 Å². The lowest BCUT2D eigenvalue weighted by Crippen LogP contribution is -2.34. The van der Waals surface area contributed by atoms with Gasteiger partial charge < -0.3 is 10.2 Å². The molecule has 0 radical (unpaired) electrons. The average Bonchev–Trinajstić information content (AvgIpc) is 2.72. The number of fused-ring (bicyclic) bond motifs is 1. The molecule has 108 valence electrons. The van der Waals surface area contributed by atoms with E-state index in [4.69, 9.17) is 0 Å². The zero-order chi connectivity index (χ0) is 14.5. The zero-order valence-electron chi connectivity index (χ0n) is 11.7. The van der Waals surface area contributed by atoms with Crippen LogP contribution in [0.3, 0.4) is 0 Å². The van der Waals surface area contributed by atoms with Crippen molar-refractivity contribution in [3.05, 3.63) is 34.9 Å². The summed E-state index contributed by atoms with van der Waals surface area (Å²) in [6, 6.07) is 5.28. The molecule has 0 aliphatic heterocycles. The molecule has 0 fully saturated rings. The molecule has 0 aromatic carbocycles. The van der Waals surface area contributed by atoms with E-state index >= 15 is 0 Å². The molecule has 0 aliphatic rings. The molecule has 2 rings (SSSR count). The van der Waals surface area contributed by atoms with Gasteiger partial charge in [-0.3, -0.25) is 9.20 Å². The molecule has 2 aromatic rings. The smallest absolute Gasteiger partial charge is 0.350 e. The fourth-order valence-electron chi connectivity index (χ4n) is 1.89. The van der Waals surface area contributed by atoms with Gasteiger partial charge in [0.15, 0.2) is 5.65 Å². The van der Waals surface area contributed by atoms with Crippen LogP contribution in [0.15, 0.2) is 29.2 Å². The number of aromatic nitrogens is 3. The highest BCUT2D eigenvalue weighted by molar-refractivity contribution is 5.75. The molecule has 0 spiro atoms. The lowest BCUT2D eigenvalue weighted by atomic mass is 10.4. The van der Waals surface area contributed by atoms with Crippen molar-refractivity contribution in [1.82, 2.24) is 24.4 Å². The number of hydrogen-bond acceptors (Lipinski definition) is 4. The van der Waals surface area contributed by atoms with E-state index in [2.05, 4.69) is 15.3 Å². The van der Waals surface area contributed by atoms with E-state index < -0.39 is 0 Å². The van der Waals surface area contributed by atoms with E-state index in [1.165, 1.54) is 9.08 Å². The van der Waals surface area contributed by atoms with E-state index in [0.717, 1.165) is 13.0 Å². The Hall–Kier alpha value is -2.15. The van der Waals surface area contributed by atoms with Crippen LogP contribution in [-0.2, 0) is 11.3 Å². The van der Waals surface area contributed by atoms with Gasteiger partial charge in [-0.2, -0.15) is 0 Å². The van der Waals surface area contributed by atoms with Crippen molar-refractivity contribution in [3.63, 3.8) is 0 Å². The Kier molecular flexibility index (Phi) is 4.52. The first-order valence-electron chi connectivity index (χ1n) is 6.53. The summed E-state index contributed by atoms with van der Waals surface area (Å²) in [5.74, 6) is -0.200. The van der Waals surface area contributed by atoms with Gasteiger partial charge in [-0.15, -0.1) is 5.10 Å². The van der Waals surface area contributed by atoms with Gasteiger partial charge >= 0.3 is 5.69 Å². The van der Waals surface area contributed by atoms with Crippen LogP contribution in [0, 0.1) is 0 Å². The molecular formula is C13H19N5O2. The zero-order valence-corrected chi connectivity index (χ0v) is 11.7. The highest BCUT2D eigenvalue weighted by Crippen LogP contribution is 1.94. The lowest BCUT2D eigenvalue weighted by molar-refractivity contribution is -0.121. The molecule has 0 aliphatic carbocycles. The molecule has 1 N–H and O–H groups in total. The highest BCUT2D eigenvalue weighted by atomic mass is 16.2. The van der Waals surface area contributed by atoms with Crippen LogP contribution >= 0.6 is 0 Å². The fourth-order valence-corrected chi connectivity index (χ4v) is 1.89. The second-order valence-electron chi connectivity index (χ2n) is 4.88. The second kappa shape index (κ2) is 6.33. The number of rotatable bonds is 6. The van der Waals surface area contributed by atoms with Crippen LogP contribution in [0.25, 0.3) is 5.65 Å². The SMILES string of the molecule is CN(C)CCCNC(=O)Cn1nc2ccccn2c1=O. The van der Waals surface area contributed by atoms with E-state index in [1.54, 1.807) is 24.4 Å². The number of amides is 1. The van der Waals surface area contributed by atoms with Gasteiger partial charge in [0.25, 0.3) is 0 Å². The molecule has 0 bridgehead atoms. The number of pyridine rings is 1. The minimum atomic E-state index is -0.302. The molecule has 7 nitrogen and oxygen atoms in total. The largest absolute Gasteiger partial charge is 0.354 e. The van der Waals surface area contributed by atoms with E-state index in [0.29, 0.717) is 12.2 Å². The number of nitrogens with zero attached hydrogens (tertiary/aromatic N) is 4. The maximum Gasteiger partial charge on any atom is 0.350 e. The Labute approximate surface area is 116 Å². The summed E-state index contributed by atoms with van der Waals surface area (Å²) in [7, 11) is 3.97. The maximum atomic E-state index is 12.0. The monoisotopic (exact) mass is 277 g/mol. The van der Waals surface area contributed by atoms with Gasteiger partial charge in [0.2, 0.25) is 5.91 Å². The third-order valence-corrected chi connectivity index (χ3v) is 2.89. The first kappa shape index (κ1) is 14.3. The average molecular weight is 277 g/mol. The summed E-state index contributed by atoms with van der Waals surface area (Å²) >= 11 is 0. The number of carbonyl (C=O) groups is 1. The second-order valence-corrected chi connectivity index (χ2v) is 4.88. The van der Waals surface area contributed by atoms with Crippen LogP contribution in [-0.4, -0.2) is 52.2 Å². The highest BCUT2D eigenvalue weighted by Gasteiger charge is 2.09. The van der Waals surface area contributed by atoms with Crippen molar-refractivity contribution < 1.29 is 4.79 Å². The van der Waals surface area contributed by atoms with Crippen molar-refractivity contribution in [2.45, 2.75) is 13.0 Å². The van der Waals surface area contributed by atoms with E-state index in [9.17, 15) is 9.59 Å². The van der Waals surface area contributed by atoms with Crippen LogP contribution in [0.5, 0.6) is 0 Å². The first-order valence-corrected chi connectivity index (χ1v) is 6.53. The Bertz CT molecular complexity index is 643. The maximum absolute atomic E-state index is 12.0. The normalized spacial score (nSPS) is 11.2. The summed E-state index contributed by atoms with van der Waals surface area (Å²) in [5.41, 5.74) is 0.238. The molecule has 2 heterocycles. The minimum Gasteiger partial charge on any atom is -0.354 e. The minimum absolute atomic E-state index is 0.0531. The number of carbonyl (C=O) groups excluding carboxylic acids is 1. The predicted octanol–water partition coefficient (Wildman–Crippen LogP) is -0.436. The first-order chi connectivity index (χ1) is 9.58. The third-order valence-electron chi connectivity index (χ3n) is 2.89. The lowest BCUT2D eigenvalue weighted by Gasteiger charge is -2.09. The quantitative estimate of drug-likeness (QED) is 0.727. The van der Waals surface area contributed by atoms with Gasteiger partial charge in [-0.1, -0.05) is 6.07 Å². The van der Waals surface area contributed by atoms with Crippen LogP contribution in [0.1, 0.15) is 6.42 Å². The van der Waals surface area contributed by atoms with Crippen molar-refractivity contribution in [3.8, 4) is 0 Å². The standard InChI is InChI=1S/C13H19N5O2/c1-16(2)8-5-7-14-12(19)10-18-13(20)17-9-4-3-6-11(17)15-18/h3-4,6,9H,5,7-8,10H2,1-2H3,(H,14,19). The fraction of sp³-hybridized carbons (Fsp3) is 0.462. The van der Waals surface area contributed by atoms with Gasteiger partial charge in [-0.25, -0.2) is 9.48 Å². The van der Waals surface area contributed by atoms with Crippen molar-refractivity contribution in [2.24, 2.45) is 0 Å². The Balaban J connectivity index is 1.93. The van der Waals surface area contributed by atoms with Crippen molar-refractivity contribution in [1.29, 1.82) is 0 Å².